The van der Waals surface area contributed by atoms with Crippen molar-refractivity contribution in [3.63, 3.8) is 0 Å². The summed E-state index contributed by atoms with van der Waals surface area (Å²) in [6.45, 7) is 2.27. The first-order valence-corrected chi connectivity index (χ1v) is 10.4. The summed E-state index contributed by atoms with van der Waals surface area (Å²) in [6, 6.07) is 2.70. The molecule has 1 amide bonds. The minimum Gasteiger partial charge on any atom is -0.396 e. The molecule has 2 saturated carbocycles. The number of carbonyl (C=O) groups is 1. The van der Waals surface area contributed by atoms with Crippen molar-refractivity contribution < 1.29 is 9.90 Å². The average molecular weight is 362 g/mol. The zero-order chi connectivity index (χ0) is 17.4. The highest BCUT2D eigenvalue weighted by atomic mass is 32.1. The Kier molecular flexibility index (Phi) is 4.82. The number of amides is 1. The SMILES string of the molecule is Cc1nn(C2CCCCC2)c2sc(C(=O)N[C@H]3CC[C@H](CO)C3)cc12. The van der Waals surface area contributed by atoms with E-state index in [0.717, 1.165) is 40.1 Å². The Bertz CT molecular complexity index is 760. The van der Waals surface area contributed by atoms with Crippen LogP contribution in [0.15, 0.2) is 6.07 Å². The number of aryl methyl sites for hydroxylation is 1. The molecule has 2 aliphatic carbocycles. The summed E-state index contributed by atoms with van der Waals surface area (Å²) >= 11 is 1.58. The summed E-state index contributed by atoms with van der Waals surface area (Å²) < 4.78 is 2.18. The zero-order valence-electron chi connectivity index (χ0n) is 14.8. The number of aliphatic hydroxyl groups is 1. The van der Waals surface area contributed by atoms with E-state index in [9.17, 15) is 9.90 Å². The van der Waals surface area contributed by atoms with Crippen LogP contribution < -0.4 is 5.32 Å². The molecule has 2 atom stereocenters. The molecule has 2 aromatic rings. The van der Waals surface area contributed by atoms with E-state index in [-0.39, 0.29) is 18.6 Å². The lowest BCUT2D eigenvalue weighted by Crippen LogP contribution is -2.32. The van der Waals surface area contributed by atoms with Gasteiger partial charge in [0.2, 0.25) is 0 Å². The molecule has 0 saturated heterocycles. The number of hydrogen-bond donors (Lipinski definition) is 2. The van der Waals surface area contributed by atoms with Gasteiger partial charge in [0, 0.05) is 18.0 Å². The number of aromatic nitrogens is 2. The molecule has 0 radical (unpaired) electrons. The van der Waals surface area contributed by atoms with Crippen molar-refractivity contribution in [3.8, 4) is 0 Å². The molecule has 4 rings (SSSR count). The molecule has 0 aliphatic heterocycles. The summed E-state index contributed by atoms with van der Waals surface area (Å²) in [5.41, 5.74) is 1.03. The normalized spacial score (nSPS) is 24.9. The van der Waals surface area contributed by atoms with Crippen molar-refractivity contribution in [2.24, 2.45) is 5.92 Å². The topological polar surface area (TPSA) is 67.2 Å². The van der Waals surface area contributed by atoms with Crippen LogP contribution >= 0.6 is 11.3 Å². The van der Waals surface area contributed by atoms with Gasteiger partial charge in [-0.25, -0.2) is 0 Å². The third kappa shape index (κ3) is 3.34. The van der Waals surface area contributed by atoms with Gasteiger partial charge >= 0.3 is 0 Å². The molecule has 2 N–H and O–H groups in total. The molecule has 6 heteroatoms. The maximum atomic E-state index is 12.7. The summed E-state index contributed by atoms with van der Waals surface area (Å²) in [6.07, 6.45) is 9.13. The van der Waals surface area contributed by atoms with E-state index in [0.29, 0.717) is 12.0 Å². The highest BCUT2D eigenvalue weighted by Gasteiger charge is 2.27. The van der Waals surface area contributed by atoms with Crippen LogP contribution in [0.3, 0.4) is 0 Å². The van der Waals surface area contributed by atoms with Crippen molar-refractivity contribution in [1.82, 2.24) is 15.1 Å². The first-order valence-electron chi connectivity index (χ1n) is 9.56. The van der Waals surface area contributed by atoms with Crippen LogP contribution in [-0.4, -0.2) is 33.4 Å². The molecule has 25 heavy (non-hydrogen) atoms. The van der Waals surface area contributed by atoms with Gasteiger partial charge in [0.1, 0.15) is 4.83 Å². The Morgan fingerprint density at radius 1 is 1.32 bits per heavy atom. The van der Waals surface area contributed by atoms with E-state index < -0.39 is 0 Å². The summed E-state index contributed by atoms with van der Waals surface area (Å²) in [4.78, 5) is 14.6. The van der Waals surface area contributed by atoms with E-state index in [1.807, 2.05) is 13.0 Å². The quantitative estimate of drug-likeness (QED) is 0.870. The van der Waals surface area contributed by atoms with Crippen LogP contribution in [0.2, 0.25) is 0 Å². The first-order chi connectivity index (χ1) is 12.2. The lowest BCUT2D eigenvalue weighted by molar-refractivity contribution is 0.0940. The molecule has 0 spiro atoms. The largest absolute Gasteiger partial charge is 0.396 e. The second-order valence-electron chi connectivity index (χ2n) is 7.68. The third-order valence-corrected chi connectivity index (χ3v) is 6.97. The molecule has 2 aliphatic rings. The van der Waals surface area contributed by atoms with Crippen LogP contribution in [0.5, 0.6) is 0 Å². The predicted octanol–water partition coefficient (Wildman–Crippen LogP) is 3.80. The van der Waals surface area contributed by atoms with Gasteiger partial charge in [-0.05, 0) is 51.0 Å². The monoisotopic (exact) mass is 361 g/mol. The highest BCUT2D eigenvalue weighted by molar-refractivity contribution is 7.20. The lowest BCUT2D eigenvalue weighted by Gasteiger charge is -2.22. The van der Waals surface area contributed by atoms with Gasteiger partial charge in [-0.3, -0.25) is 9.48 Å². The number of aliphatic hydroxyl groups excluding tert-OH is 1. The van der Waals surface area contributed by atoms with E-state index in [1.165, 1.54) is 32.1 Å². The number of hydrogen-bond acceptors (Lipinski definition) is 4. The zero-order valence-corrected chi connectivity index (χ0v) is 15.6. The van der Waals surface area contributed by atoms with Crippen LogP contribution in [0.4, 0.5) is 0 Å². The Morgan fingerprint density at radius 3 is 2.84 bits per heavy atom. The molecule has 2 aromatic heterocycles. The Morgan fingerprint density at radius 2 is 2.12 bits per heavy atom. The van der Waals surface area contributed by atoms with E-state index in [4.69, 9.17) is 5.10 Å². The minimum atomic E-state index is 0.0272. The maximum absolute atomic E-state index is 12.7. The molecular weight excluding hydrogens is 334 g/mol. The number of nitrogens with zero attached hydrogens (tertiary/aromatic N) is 2. The van der Waals surface area contributed by atoms with Gasteiger partial charge in [0.15, 0.2) is 0 Å². The molecule has 136 valence electrons. The van der Waals surface area contributed by atoms with Crippen molar-refractivity contribution in [1.29, 1.82) is 0 Å². The fourth-order valence-corrected chi connectivity index (χ4v) is 5.52. The predicted molar refractivity (Wildman–Crippen MR) is 100 cm³/mol. The summed E-state index contributed by atoms with van der Waals surface area (Å²) in [5.74, 6) is 0.370. The van der Waals surface area contributed by atoms with E-state index >= 15 is 0 Å². The first kappa shape index (κ1) is 17.0. The van der Waals surface area contributed by atoms with Crippen LogP contribution in [0, 0.1) is 12.8 Å². The number of rotatable bonds is 4. The molecule has 2 fully saturated rings. The van der Waals surface area contributed by atoms with Gasteiger partial charge in [0.25, 0.3) is 5.91 Å². The van der Waals surface area contributed by atoms with Crippen molar-refractivity contribution in [2.45, 2.75) is 70.4 Å². The highest BCUT2D eigenvalue weighted by Crippen LogP contribution is 2.35. The van der Waals surface area contributed by atoms with Crippen LogP contribution in [-0.2, 0) is 0 Å². The Hall–Kier alpha value is -1.40. The van der Waals surface area contributed by atoms with Gasteiger partial charge in [-0.2, -0.15) is 5.10 Å². The summed E-state index contributed by atoms with van der Waals surface area (Å²) in [5, 5.41) is 18.3. The van der Waals surface area contributed by atoms with Gasteiger partial charge < -0.3 is 10.4 Å². The second kappa shape index (κ2) is 7.08. The number of nitrogens with one attached hydrogen (secondary N) is 1. The Labute approximate surface area is 152 Å². The fourth-order valence-electron chi connectivity index (χ4n) is 4.39. The number of thiophene rings is 1. The van der Waals surface area contributed by atoms with Crippen molar-refractivity contribution >= 4 is 27.5 Å². The molecule has 2 heterocycles. The van der Waals surface area contributed by atoms with Crippen LogP contribution in [0.25, 0.3) is 10.2 Å². The molecule has 5 nitrogen and oxygen atoms in total. The van der Waals surface area contributed by atoms with Crippen LogP contribution in [0.1, 0.15) is 72.8 Å². The van der Waals surface area contributed by atoms with E-state index in [1.54, 1.807) is 11.3 Å². The standard InChI is InChI=1S/C19H27N3O2S/c1-12-16-10-17(18(24)20-14-8-7-13(9-14)11-23)25-19(16)22(21-12)15-5-3-2-4-6-15/h10,13-15,23H,2-9,11H2,1H3,(H,20,24)/t13-,14-/m0/s1. The maximum Gasteiger partial charge on any atom is 0.261 e. The van der Waals surface area contributed by atoms with Gasteiger partial charge in [-0.1, -0.05) is 19.3 Å². The van der Waals surface area contributed by atoms with Gasteiger partial charge in [-0.15, -0.1) is 11.3 Å². The lowest BCUT2D eigenvalue weighted by atomic mass is 9.96. The number of fused-ring (bicyclic) bond motifs is 1. The summed E-state index contributed by atoms with van der Waals surface area (Å²) in [7, 11) is 0. The molecular formula is C19H27N3O2S. The smallest absolute Gasteiger partial charge is 0.261 e. The fraction of sp³-hybridized carbons (Fsp3) is 0.684. The minimum absolute atomic E-state index is 0.0272. The average Bonchev–Trinajstić information content (AvgIpc) is 3.32. The van der Waals surface area contributed by atoms with Crippen molar-refractivity contribution in [2.75, 3.05) is 6.61 Å². The molecule has 0 unspecified atom stereocenters. The molecule has 0 aromatic carbocycles. The van der Waals surface area contributed by atoms with Crippen molar-refractivity contribution in [3.05, 3.63) is 16.6 Å². The van der Waals surface area contributed by atoms with E-state index in [2.05, 4.69) is 10.00 Å². The second-order valence-corrected chi connectivity index (χ2v) is 8.71. The number of carbonyl (C=O) groups excluding carboxylic acids is 1. The Balaban J connectivity index is 1.53. The third-order valence-electron chi connectivity index (χ3n) is 5.85. The molecule has 0 bridgehead atoms. The van der Waals surface area contributed by atoms with Gasteiger partial charge in [0.05, 0.1) is 16.6 Å².